The van der Waals surface area contributed by atoms with Gasteiger partial charge in [-0.3, -0.25) is 0 Å². The number of rotatable bonds is 5. The van der Waals surface area contributed by atoms with Crippen LogP contribution in [-0.4, -0.2) is 12.1 Å². The summed E-state index contributed by atoms with van der Waals surface area (Å²) in [6, 6.07) is 0. The Hall–Kier alpha value is -0.920. The molecule has 2 heteroatoms. The Morgan fingerprint density at radius 3 is 2.50 bits per heavy atom. The molecule has 0 heterocycles. The predicted octanol–water partition coefficient (Wildman–Crippen LogP) is 2.04. The van der Waals surface area contributed by atoms with E-state index in [0.717, 1.165) is 6.42 Å². The van der Waals surface area contributed by atoms with E-state index in [4.69, 9.17) is 17.9 Å². The zero-order valence-corrected chi connectivity index (χ0v) is 8.05. The van der Waals surface area contributed by atoms with E-state index < -0.39 is 0 Å². The molecule has 0 unspecified atom stereocenters. The highest BCUT2D eigenvalue weighted by Gasteiger charge is 2.11. The molecule has 0 rings (SSSR count). The fraction of sp³-hybridized carbons (Fsp3) is 0.600. The van der Waals surface area contributed by atoms with E-state index in [2.05, 4.69) is 5.32 Å². The molecule has 0 aliphatic carbocycles. The van der Waals surface area contributed by atoms with Crippen LogP contribution in [0.5, 0.6) is 0 Å². The van der Waals surface area contributed by atoms with Crippen LogP contribution >= 0.6 is 0 Å². The minimum Gasteiger partial charge on any atom is -0.474 e. The van der Waals surface area contributed by atoms with E-state index >= 15 is 0 Å². The second kappa shape index (κ2) is 4.86. The lowest BCUT2D eigenvalue weighted by molar-refractivity contribution is 0.0409. The average molecular weight is 167 g/mol. The summed E-state index contributed by atoms with van der Waals surface area (Å²) in [4.78, 5) is 0. The van der Waals surface area contributed by atoms with Gasteiger partial charge in [-0.15, -0.1) is 0 Å². The minimum absolute atomic E-state index is 0.247. The van der Waals surface area contributed by atoms with E-state index in [1.807, 2.05) is 20.8 Å². The first kappa shape index (κ1) is 11.1. The monoisotopic (exact) mass is 167 g/mol. The van der Waals surface area contributed by atoms with Gasteiger partial charge < -0.3 is 10.1 Å². The van der Waals surface area contributed by atoms with Crippen molar-refractivity contribution >= 4 is 0 Å². The SMILES string of the molecule is [CH]=CCCNC(=[CH])OC(C)(C)C. The molecule has 0 aliphatic heterocycles. The summed E-state index contributed by atoms with van der Waals surface area (Å²) in [5.41, 5.74) is -0.247. The Kier molecular flexibility index (Phi) is 4.49. The fourth-order valence-electron chi connectivity index (χ4n) is 0.645. The third-order valence-corrected chi connectivity index (χ3v) is 1.03. The smallest absolute Gasteiger partial charge is 0.187 e. The highest BCUT2D eigenvalue weighted by Crippen LogP contribution is 2.09. The van der Waals surface area contributed by atoms with Gasteiger partial charge in [0, 0.05) is 13.1 Å². The van der Waals surface area contributed by atoms with Gasteiger partial charge >= 0.3 is 0 Å². The number of ether oxygens (including phenoxy) is 1. The maximum absolute atomic E-state index is 5.53. The second-order valence-corrected chi connectivity index (χ2v) is 3.53. The molecule has 0 aromatic heterocycles. The van der Waals surface area contributed by atoms with Gasteiger partial charge in [0.1, 0.15) is 5.60 Å². The van der Waals surface area contributed by atoms with Crippen molar-refractivity contribution in [3.8, 4) is 0 Å². The van der Waals surface area contributed by atoms with Crippen LogP contribution < -0.4 is 5.32 Å². The predicted molar refractivity (Wildman–Crippen MR) is 50.1 cm³/mol. The van der Waals surface area contributed by atoms with Crippen molar-refractivity contribution in [1.82, 2.24) is 5.32 Å². The van der Waals surface area contributed by atoms with Gasteiger partial charge in [-0.05, 0) is 27.2 Å². The third kappa shape index (κ3) is 7.19. The van der Waals surface area contributed by atoms with Crippen LogP contribution in [0.4, 0.5) is 0 Å². The Labute approximate surface area is 75.3 Å². The maximum atomic E-state index is 5.53. The quantitative estimate of drug-likeness (QED) is 0.500. The standard InChI is InChI=1S/C10H17NO/c1-6-7-8-11-9(2)12-10(3,4)5/h1-2,6,11H,7-8H2,3-5H3. The molecule has 0 amide bonds. The molecule has 2 radical (unpaired) electrons. The first-order valence-corrected chi connectivity index (χ1v) is 4.04. The molecule has 0 atom stereocenters. The van der Waals surface area contributed by atoms with Gasteiger partial charge in [0.15, 0.2) is 5.88 Å². The summed E-state index contributed by atoms with van der Waals surface area (Å²) >= 11 is 0. The van der Waals surface area contributed by atoms with E-state index in [1.54, 1.807) is 6.08 Å². The van der Waals surface area contributed by atoms with Gasteiger partial charge in [-0.25, -0.2) is 0 Å². The van der Waals surface area contributed by atoms with E-state index in [1.165, 1.54) is 0 Å². The van der Waals surface area contributed by atoms with E-state index in [9.17, 15) is 0 Å². The van der Waals surface area contributed by atoms with Crippen LogP contribution in [0.15, 0.2) is 12.0 Å². The molecule has 0 saturated heterocycles. The molecule has 0 saturated carbocycles. The highest BCUT2D eigenvalue weighted by atomic mass is 16.5. The molecule has 0 bridgehead atoms. The molecular weight excluding hydrogens is 150 g/mol. The maximum Gasteiger partial charge on any atom is 0.187 e. The largest absolute Gasteiger partial charge is 0.474 e. The number of nitrogens with one attached hydrogen (secondary N) is 1. The lowest BCUT2D eigenvalue weighted by atomic mass is 10.2. The van der Waals surface area contributed by atoms with Gasteiger partial charge in [0.2, 0.25) is 0 Å². The number of hydrogen-bond acceptors (Lipinski definition) is 2. The Morgan fingerprint density at radius 2 is 2.08 bits per heavy atom. The molecule has 0 aromatic rings. The van der Waals surface area contributed by atoms with Gasteiger partial charge in [-0.1, -0.05) is 12.7 Å². The topological polar surface area (TPSA) is 21.3 Å². The van der Waals surface area contributed by atoms with Crippen LogP contribution in [0.1, 0.15) is 27.2 Å². The third-order valence-electron chi connectivity index (χ3n) is 1.03. The van der Waals surface area contributed by atoms with Gasteiger partial charge in [0.25, 0.3) is 0 Å². The Morgan fingerprint density at radius 1 is 1.50 bits per heavy atom. The lowest BCUT2D eigenvalue weighted by Gasteiger charge is -2.22. The summed E-state index contributed by atoms with van der Waals surface area (Å²) < 4.78 is 5.31. The molecule has 0 aliphatic rings. The molecule has 0 fully saturated rings. The van der Waals surface area contributed by atoms with Gasteiger partial charge in [-0.2, -0.15) is 0 Å². The first-order valence-electron chi connectivity index (χ1n) is 4.04. The molecule has 1 N–H and O–H groups in total. The van der Waals surface area contributed by atoms with Crippen LogP contribution in [0.25, 0.3) is 0 Å². The van der Waals surface area contributed by atoms with Crippen molar-refractivity contribution in [1.29, 1.82) is 0 Å². The van der Waals surface area contributed by atoms with Crippen LogP contribution in [0.2, 0.25) is 0 Å². The van der Waals surface area contributed by atoms with Crippen molar-refractivity contribution in [2.45, 2.75) is 32.8 Å². The summed E-state index contributed by atoms with van der Waals surface area (Å²) in [7, 11) is 0. The fourth-order valence-corrected chi connectivity index (χ4v) is 0.645. The Bertz CT molecular complexity index is 156. The summed E-state index contributed by atoms with van der Waals surface area (Å²) in [5, 5.41) is 2.90. The van der Waals surface area contributed by atoms with Crippen molar-refractivity contribution in [2.75, 3.05) is 6.54 Å². The average Bonchev–Trinajstić information content (AvgIpc) is 1.84. The molecule has 0 aromatic carbocycles. The van der Waals surface area contributed by atoms with Crippen molar-refractivity contribution in [3.63, 3.8) is 0 Å². The summed E-state index contributed by atoms with van der Waals surface area (Å²) in [5.74, 6) is 0.351. The molecule has 68 valence electrons. The van der Waals surface area contributed by atoms with E-state index in [0.29, 0.717) is 12.4 Å². The summed E-state index contributed by atoms with van der Waals surface area (Å²) in [6.07, 6.45) is 2.35. The molecule has 2 nitrogen and oxygen atoms in total. The van der Waals surface area contributed by atoms with Crippen molar-refractivity contribution < 1.29 is 4.74 Å². The minimum atomic E-state index is -0.247. The Balaban J connectivity index is 3.53. The molecule has 12 heavy (non-hydrogen) atoms. The lowest BCUT2D eigenvalue weighted by Crippen LogP contribution is -2.25. The van der Waals surface area contributed by atoms with Gasteiger partial charge in [0.05, 0.1) is 0 Å². The normalized spacial score (nSPS) is 10.6. The molecule has 0 spiro atoms. The zero-order chi connectivity index (χ0) is 9.61. The van der Waals surface area contributed by atoms with Crippen molar-refractivity contribution in [2.24, 2.45) is 0 Å². The van der Waals surface area contributed by atoms with Crippen LogP contribution in [0.3, 0.4) is 0 Å². The number of hydrogen-bond donors (Lipinski definition) is 1. The van der Waals surface area contributed by atoms with E-state index in [-0.39, 0.29) is 5.60 Å². The summed E-state index contributed by atoms with van der Waals surface area (Å²) in [6.45, 7) is 17.2. The highest BCUT2D eigenvalue weighted by molar-refractivity contribution is 4.81. The van der Waals surface area contributed by atoms with Crippen molar-refractivity contribution in [3.05, 3.63) is 25.1 Å². The molecular formula is C10H17NO. The first-order chi connectivity index (χ1) is 5.45. The van der Waals surface area contributed by atoms with Crippen LogP contribution in [0, 0.1) is 13.2 Å². The second-order valence-electron chi connectivity index (χ2n) is 3.53. The van der Waals surface area contributed by atoms with Crippen LogP contribution in [-0.2, 0) is 4.74 Å². The zero-order valence-electron chi connectivity index (χ0n) is 8.05.